The third kappa shape index (κ3) is 4.68. The largest absolute Gasteiger partial charge is 0.0622 e. The van der Waals surface area contributed by atoms with Crippen LogP contribution in [0.2, 0.25) is 0 Å². The van der Waals surface area contributed by atoms with Crippen LogP contribution in [0.3, 0.4) is 0 Å². The quantitative estimate of drug-likeness (QED) is 0.213. The second-order valence-electron chi connectivity index (χ2n) is 12.0. The van der Waals surface area contributed by atoms with E-state index in [-0.39, 0.29) is 0 Å². The topological polar surface area (TPSA) is 0 Å². The number of rotatable bonds is 2. The Morgan fingerprint density at radius 3 is 1.60 bits per heavy atom. The molecule has 2 aliphatic carbocycles. The molecule has 0 heterocycles. The van der Waals surface area contributed by atoms with E-state index in [2.05, 4.69) is 97.1 Å². The SMILES string of the molecule is c1ccc(-c2cc3c4c(c2CCCCCCCCCCCC3)-c2ccc(-c3ccccc3)c3cccc-4c23)cc1. The van der Waals surface area contributed by atoms with E-state index in [0.29, 0.717) is 0 Å². The smallest absolute Gasteiger partial charge is 0.00199 e. The van der Waals surface area contributed by atoms with Crippen LogP contribution >= 0.6 is 0 Å². The molecule has 40 heavy (non-hydrogen) atoms. The van der Waals surface area contributed by atoms with Crippen LogP contribution in [0.5, 0.6) is 0 Å². The van der Waals surface area contributed by atoms with Gasteiger partial charge in [-0.1, -0.05) is 148 Å². The van der Waals surface area contributed by atoms with Gasteiger partial charge in [0.1, 0.15) is 0 Å². The molecule has 7 rings (SSSR count). The van der Waals surface area contributed by atoms with E-state index in [4.69, 9.17) is 0 Å². The number of hydrogen-bond acceptors (Lipinski definition) is 0. The summed E-state index contributed by atoms with van der Waals surface area (Å²) in [4.78, 5) is 0. The van der Waals surface area contributed by atoms with Gasteiger partial charge in [-0.05, 0) is 92.1 Å². The first kappa shape index (κ1) is 25.3. The van der Waals surface area contributed by atoms with Crippen LogP contribution < -0.4 is 0 Å². The van der Waals surface area contributed by atoms with E-state index in [1.165, 1.54) is 126 Å². The molecule has 5 aromatic carbocycles. The molecule has 0 saturated heterocycles. The van der Waals surface area contributed by atoms with Gasteiger partial charge in [0.25, 0.3) is 0 Å². The fourth-order valence-electron chi connectivity index (χ4n) is 7.44. The van der Waals surface area contributed by atoms with Crippen LogP contribution in [-0.2, 0) is 12.8 Å². The van der Waals surface area contributed by atoms with Crippen molar-refractivity contribution in [3.8, 4) is 44.5 Å². The van der Waals surface area contributed by atoms with Crippen molar-refractivity contribution in [2.75, 3.05) is 0 Å². The molecule has 0 aliphatic heterocycles. The Bertz CT molecular complexity index is 1620. The molecule has 0 N–H and O–H groups in total. The van der Waals surface area contributed by atoms with E-state index in [1.807, 2.05) is 0 Å². The van der Waals surface area contributed by atoms with E-state index in [0.717, 1.165) is 6.42 Å². The Morgan fingerprint density at radius 1 is 0.375 bits per heavy atom. The van der Waals surface area contributed by atoms with Gasteiger partial charge in [-0.25, -0.2) is 0 Å². The Kier molecular flexibility index (Phi) is 7.26. The molecule has 0 radical (unpaired) electrons. The van der Waals surface area contributed by atoms with Gasteiger partial charge in [-0.2, -0.15) is 0 Å². The maximum absolute atomic E-state index is 2.60. The first-order valence-corrected chi connectivity index (χ1v) is 15.8. The van der Waals surface area contributed by atoms with Crippen molar-refractivity contribution >= 4 is 10.8 Å². The molecular formula is C40H40. The van der Waals surface area contributed by atoms with Gasteiger partial charge in [0.05, 0.1) is 0 Å². The molecule has 0 aromatic heterocycles. The van der Waals surface area contributed by atoms with Gasteiger partial charge >= 0.3 is 0 Å². The zero-order valence-electron chi connectivity index (χ0n) is 23.7. The van der Waals surface area contributed by atoms with Gasteiger partial charge in [-0.3, -0.25) is 0 Å². The molecule has 2 bridgehead atoms. The Balaban J connectivity index is 1.46. The average molecular weight is 521 g/mol. The van der Waals surface area contributed by atoms with Crippen LogP contribution in [0, 0.1) is 0 Å². The zero-order chi connectivity index (χ0) is 26.7. The third-order valence-corrected chi connectivity index (χ3v) is 9.39. The summed E-state index contributed by atoms with van der Waals surface area (Å²) in [7, 11) is 0. The molecule has 2 aliphatic rings. The summed E-state index contributed by atoms with van der Waals surface area (Å²) in [5.74, 6) is 0. The summed E-state index contributed by atoms with van der Waals surface area (Å²) in [6.45, 7) is 0. The number of hydrogen-bond donors (Lipinski definition) is 0. The summed E-state index contributed by atoms with van der Waals surface area (Å²) >= 11 is 0. The van der Waals surface area contributed by atoms with Crippen LogP contribution in [0.25, 0.3) is 55.3 Å². The molecule has 0 fully saturated rings. The molecule has 200 valence electrons. The lowest BCUT2D eigenvalue weighted by atomic mass is 9.83. The minimum atomic E-state index is 1.16. The van der Waals surface area contributed by atoms with Crippen molar-refractivity contribution in [1.29, 1.82) is 0 Å². The van der Waals surface area contributed by atoms with Crippen molar-refractivity contribution in [2.45, 2.75) is 77.0 Å². The molecule has 0 atom stereocenters. The Labute approximate surface area is 240 Å². The summed E-state index contributed by atoms with van der Waals surface area (Å²) in [6.07, 6.45) is 15.9. The fraction of sp³-hybridized carbons (Fsp3) is 0.300. The highest BCUT2D eigenvalue weighted by molar-refractivity contribution is 6.20. The van der Waals surface area contributed by atoms with E-state index in [9.17, 15) is 0 Å². The maximum Gasteiger partial charge on any atom is -0.00199 e. The maximum atomic E-state index is 2.60. The van der Waals surface area contributed by atoms with E-state index >= 15 is 0 Å². The molecule has 5 aromatic rings. The monoisotopic (exact) mass is 520 g/mol. The molecule has 0 heteroatoms. The lowest BCUT2D eigenvalue weighted by Gasteiger charge is -2.21. The minimum Gasteiger partial charge on any atom is -0.0622 e. The van der Waals surface area contributed by atoms with Gasteiger partial charge in [0.2, 0.25) is 0 Å². The Hall–Kier alpha value is -3.64. The van der Waals surface area contributed by atoms with E-state index in [1.54, 1.807) is 11.1 Å². The molecule has 0 unspecified atom stereocenters. The van der Waals surface area contributed by atoms with Crippen LogP contribution in [0.1, 0.15) is 75.3 Å². The molecule has 0 amide bonds. The van der Waals surface area contributed by atoms with Crippen LogP contribution in [0.15, 0.2) is 97.1 Å². The van der Waals surface area contributed by atoms with E-state index < -0.39 is 0 Å². The highest BCUT2D eigenvalue weighted by atomic mass is 14.3. The lowest BCUT2D eigenvalue weighted by molar-refractivity contribution is 0.551. The van der Waals surface area contributed by atoms with Crippen molar-refractivity contribution < 1.29 is 0 Å². The van der Waals surface area contributed by atoms with Crippen molar-refractivity contribution in [2.24, 2.45) is 0 Å². The number of aryl methyl sites for hydroxylation is 1. The highest BCUT2D eigenvalue weighted by Gasteiger charge is 2.29. The van der Waals surface area contributed by atoms with Crippen molar-refractivity contribution in [1.82, 2.24) is 0 Å². The minimum absolute atomic E-state index is 1.16. The standard InChI is InChI=1S/C40H40/c1-2-4-6-8-16-23-34-37(30-20-14-10-15-21-30)28-31(22-11-7-5-3-1)38-35-25-17-24-33-32(29-18-12-9-13-19-29)26-27-36(39(33)35)40(34)38/h9-10,12-15,17-21,24-28H,1-8,11,16,22-23H2. The summed E-state index contributed by atoms with van der Waals surface area (Å²) < 4.78 is 0. The van der Waals surface area contributed by atoms with Gasteiger partial charge in [-0.15, -0.1) is 0 Å². The third-order valence-electron chi connectivity index (χ3n) is 9.39. The van der Waals surface area contributed by atoms with Gasteiger partial charge in [0.15, 0.2) is 0 Å². The van der Waals surface area contributed by atoms with Crippen molar-refractivity contribution in [3.05, 3.63) is 108 Å². The van der Waals surface area contributed by atoms with Crippen LogP contribution in [0.4, 0.5) is 0 Å². The van der Waals surface area contributed by atoms with Crippen LogP contribution in [-0.4, -0.2) is 0 Å². The van der Waals surface area contributed by atoms with Crippen molar-refractivity contribution in [3.63, 3.8) is 0 Å². The van der Waals surface area contributed by atoms with Gasteiger partial charge < -0.3 is 0 Å². The average Bonchev–Trinajstić information content (AvgIpc) is 3.34. The zero-order valence-corrected chi connectivity index (χ0v) is 23.7. The molecular weight excluding hydrogens is 480 g/mol. The second-order valence-corrected chi connectivity index (χ2v) is 12.0. The molecule has 0 saturated carbocycles. The fourth-order valence-corrected chi connectivity index (χ4v) is 7.44. The Morgan fingerprint density at radius 2 is 0.925 bits per heavy atom. The molecule has 0 nitrogen and oxygen atoms in total. The summed E-state index contributed by atoms with van der Waals surface area (Å²) in [5.41, 5.74) is 14.6. The first-order valence-electron chi connectivity index (χ1n) is 15.8. The first-order chi connectivity index (χ1) is 19.9. The summed E-state index contributed by atoms with van der Waals surface area (Å²) in [6, 6.07) is 36.6. The normalized spacial score (nSPS) is 15.8. The van der Waals surface area contributed by atoms with Gasteiger partial charge in [0, 0.05) is 0 Å². The predicted molar refractivity (Wildman–Crippen MR) is 173 cm³/mol. The molecule has 0 spiro atoms. The summed E-state index contributed by atoms with van der Waals surface area (Å²) in [5, 5.41) is 2.85. The predicted octanol–water partition coefficient (Wildman–Crippen LogP) is 11.8. The number of benzene rings is 5. The lowest BCUT2D eigenvalue weighted by Crippen LogP contribution is -2.01. The highest BCUT2D eigenvalue weighted by Crippen LogP contribution is 2.54. The second kappa shape index (κ2) is 11.5.